The Morgan fingerprint density at radius 3 is 2.57 bits per heavy atom. The summed E-state index contributed by atoms with van der Waals surface area (Å²) in [6.45, 7) is 7.35. The third-order valence-electron chi connectivity index (χ3n) is 5.25. The van der Waals surface area contributed by atoms with E-state index in [0.29, 0.717) is 13.0 Å². The number of methoxy groups -OCH3 is 1. The van der Waals surface area contributed by atoms with Crippen molar-refractivity contribution < 1.29 is 9.53 Å². The highest BCUT2D eigenvalue weighted by Crippen LogP contribution is 2.23. The number of hydrogen-bond donors (Lipinski definition) is 0. The normalized spacial score (nSPS) is 25.2. The lowest BCUT2D eigenvalue weighted by atomic mass is 9.92. The van der Waals surface area contributed by atoms with Gasteiger partial charge in [0.15, 0.2) is 0 Å². The molecule has 0 aromatic heterocycles. The van der Waals surface area contributed by atoms with Crippen LogP contribution < -0.4 is 0 Å². The predicted octanol–water partition coefficient (Wildman–Crippen LogP) is 2.53. The minimum atomic E-state index is 0.264. The van der Waals surface area contributed by atoms with Gasteiger partial charge in [-0.15, -0.1) is 0 Å². The Morgan fingerprint density at radius 2 is 1.90 bits per heavy atom. The molecule has 0 unspecified atom stereocenters. The Balaban J connectivity index is 1.63. The fraction of sp³-hybridized carbons (Fsp3) is 0.941. The van der Waals surface area contributed by atoms with Gasteiger partial charge in [-0.3, -0.25) is 4.79 Å². The molecular formula is C17H32N2O2. The third-order valence-corrected chi connectivity index (χ3v) is 5.25. The Morgan fingerprint density at radius 1 is 1.14 bits per heavy atom. The van der Waals surface area contributed by atoms with Crippen molar-refractivity contribution in [3.63, 3.8) is 0 Å². The van der Waals surface area contributed by atoms with Gasteiger partial charge in [-0.25, -0.2) is 0 Å². The molecule has 0 aliphatic carbocycles. The van der Waals surface area contributed by atoms with Crippen LogP contribution >= 0.6 is 0 Å². The van der Waals surface area contributed by atoms with Gasteiger partial charge in [0.05, 0.1) is 13.0 Å². The summed E-state index contributed by atoms with van der Waals surface area (Å²) in [6, 6.07) is 0.773. The molecule has 0 N–H and O–H groups in total. The van der Waals surface area contributed by atoms with Gasteiger partial charge in [0.2, 0.25) is 5.91 Å². The van der Waals surface area contributed by atoms with E-state index in [2.05, 4.69) is 11.8 Å². The Kier molecular flexibility index (Phi) is 6.97. The molecule has 2 aliphatic heterocycles. The smallest absolute Gasteiger partial charge is 0.224 e. The molecule has 2 saturated heterocycles. The molecule has 4 heteroatoms. The average molecular weight is 296 g/mol. The molecule has 1 atom stereocenters. The summed E-state index contributed by atoms with van der Waals surface area (Å²) >= 11 is 0. The minimum Gasteiger partial charge on any atom is -0.384 e. The molecule has 1 amide bonds. The van der Waals surface area contributed by atoms with Gasteiger partial charge in [-0.1, -0.05) is 6.42 Å². The van der Waals surface area contributed by atoms with Gasteiger partial charge in [-0.2, -0.15) is 0 Å². The van der Waals surface area contributed by atoms with Crippen LogP contribution in [0.4, 0.5) is 0 Å². The van der Waals surface area contributed by atoms with E-state index >= 15 is 0 Å². The molecular weight excluding hydrogens is 264 g/mol. The van der Waals surface area contributed by atoms with Crippen LogP contribution in [-0.4, -0.2) is 61.6 Å². The quantitative estimate of drug-likeness (QED) is 0.755. The lowest BCUT2D eigenvalue weighted by Gasteiger charge is -2.36. The second-order valence-electron chi connectivity index (χ2n) is 6.74. The van der Waals surface area contributed by atoms with Crippen LogP contribution in [-0.2, 0) is 9.53 Å². The summed E-state index contributed by atoms with van der Waals surface area (Å²) < 4.78 is 4.99. The second-order valence-corrected chi connectivity index (χ2v) is 6.74. The molecule has 2 aliphatic rings. The molecule has 2 heterocycles. The Bertz CT molecular complexity index is 314. The topological polar surface area (TPSA) is 32.8 Å². The zero-order chi connectivity index (χ0) is 15.1. The number of hydrogen-bond acceptors (Lipinski definition) is 3. The van der Waals surface area contributed by atoms with Gasteiger partial charge in [0.25, 0.3) is 0 Å². The van der Waals surface area contributed by atoms with Crippen LogP contribution in [0.1, 0.15) is 51.9 Å². The van der Waals surface area contributed by atoms with Crippen molar-refractivity contribution in [3.05, 3.63) is 0 Å². The van der Waals surface area contributed by atoms with E-state index in [1.165, 1.54) is 51.6 Å². The highest BCUT2D eigenvalue weighted by Gasteiger charge is 2.24. The number of likely N-dealkylation sites (tertiary alicyclic amines) is 2. The first-order chi connectivity index (χ1) is 10.2. The van der Waals surface area contributed by atoms with Crippen molar-refractivity contribution in [2.75, 3.05) is 39.9 Å². The van der Waals surface area contributed by atoms with Crippen LogP contribution in [0.5, 0.6) is 0 Å². The Hall–Kier alpha value is -0.610. The van der Waals surface area contributed by atoms with Gasteiger partial charge in [-0.05, 0) is 58.0 Å². The molecule has 21 heavy (non-hydrogen) atoms. The van der Waals surface area contributed by atoms with E-state index in [0.717, 1.165) is 25.0 Å². The summed E-state index contributed by atoms with van der Waals surface area (Å²) in [5, 5.41) is 0. The Labute approximate surface area is 129 Å². The molecule has 0 radical (unpaired) electrons. The number of piperidine rings is 2. The second kappa shape index (κ2) is 8.74. The van der Waals surface area contributed by atoms with Gasteiger partial charge >= 0.3 is 0 Å². The number of carbonyl (C=O) groups is 1. The van der Waals surface area contributed by atoms with Crippen molar-refractivity contribution in [3.8, 4) is 0 Å². The van der Waals surface area contributed by atoms with Crippen molar-refractivity contribution >= 4 is 5.91 Å². The third kappa shape index (κ3) is 5.26. The van der Waals surface area contributed by atoms with E-state index in [-0.39, 0.29) is 5.91 Å². The fourth-order valence-electron chi connectivity index (χ4n) is 3.66. The van der Waals surface area contributed by atoms with E-state index in [1.807, 2.05) is 4.90 Å². The predicted molar refractivity (Wildman–Crippen MR) is 85.3 cm³/mol. The summed E-state index contributed by atoms with van der Waals surface area (Å²) in [4.78, 5) is 16.6. The molecule has 0 aromatic rings. The van der Waals surface area contributed by atoms with Crippen LogP contribution in [0.15, 0.2) is 0 Å². The maximum atomic E-state index is 11.9. The molecule has 2 rings (SSSR count). The standard InChI is InChI=1S/C17H32N2O2/c1-15-5-3-4-10-18(15)11-6-16-7-12-19(13-8-16)17(20)9-14-21-2/h15-16H,3-14H2,1-2H3/t15-/m0/s1. The summed E-state index contributed by atoms with van der Waals surface area (Å²) in [6.07, 6.45) is 8.35. The molecule has 0 spiro atoms. The highest BCUT2D eigenvalue weighted by atomic mass is 16.5. The first-order valence-electron chi connectivity index (χ1n) is 8.71. The molecule has 0 saturated carbocycles. The number of carbonyl (C=O) groups excluding carboxylic acids is 1. The minimum absolute atomic E-state index is 0.264. The van der Waals surface area contributed by atoms with Crippen molar-refractivity contribution in [1.29, 1.82) is 0 Å². The summed E-state index contributed by atoms with van der Waals surface area (Å²) in [7, 11) is 1.65. The molecule has 0 bridgehead atoms. The molecule has 4 nitrogen and oxygen atoms in total. The van der Waals surface area contributed by atoms with Crippen LogP contribution in [0.25, 0.3) is 0 Å². The SMILES string of the molecule is COCCC(=O)N1CCC(CCN2CCCC[C@@H]2C)CC1. The first kappa shape index (κ1) is 16.8. The van der Waals surface area contributed by atoms with E-state index < -0.39 is 0 Å². The lowest BCUT2D eigenvalue weighted by Crippen LogP contribution is -2.41. The molecule has 122 valence electrons. The number of nitrogens with zero attached hydrogens (tertiary/aromatic N) is 2. The lowest BCUT2D eigenvalue weighted by molar-refractivity contribution is -0.133. The molecule has 2 fully saturated rings. The van der Waals surface area contributed by atoms with E-state index in [1.54, 1.807) is 7.11 Å². The summed E-state index contributed by atoms with van der Waals surface area (Å²) in [5.41, 5.74) is 0. The van der Waals surface area contributed by atoms with E-state index in [9.17, 15) is 4.79 Å². The molecule has 0 aromatic carbocycles. The number of ether oxygens (including phenoxy) is 1. The number of rotatable bonds is 6. The first-order valence-corrected chi connectivity index (χ1v) is 8.71. The van der Waals surface area contributed by atoms with E-state index in [4.69, 9.17) is 4.74 Å². The van der Waals surface area contributed by atoms with Crippen LogP contribution in [0, 0.1) is 5.92 Å². The van der Waals surface area contributed by atoms with Gasteiger partial charge in [0, 0.05) is 26.2 Å². The highest BCUT2D eigenvalue weighted by molar-refractivity contribution is 5.76. The van der Waals surface area contributed by atoms with Crippen molar-refractivity contribution in [2.45, 2.75) is 57.9 Å². The fourth-order valence-corrected chi connectivity index (χ4v) is 3.66. The largest absolute Gasteiger partial charge is 0.384 e. The summed E-state index contributed by atoms with van der Waals surface area (Å²) in [5.74, 6) is 1.07. The monoisotopic (exact) mass is 296 g/mol. The van der Waals surface area contributed by atoms with Gasteiger partial charge in [0.1, 0.15) is 0 Å². The zero-order valence-corrected chi connectivity index (χ0v) is 13.9. The number of amides is 1. The maximum absolute atomic E-state index is 11.9. The van der Waals surface area contributed by atoms with Gasteiger partial charge < -0.3 is 14.5 Å². The van der Waals surface area contributed by atoms with Crippen LogP contribution in [0.2, 0.25) is 0 Å². The van der Waals surface area contributed by atoms with Crippen LogP contribution in [0.3, 0.4) is 0 Å². The zero-order valence-electron chi connectivity index (χ0n) is 13.9. The maximum Gasteiger partial charge on any atom is 0.224 e. The van der Waals surface area contributed by atoms with Crippen molar-refractivity contribution in [1.82, 2.24) is 9.80 Å². The average Bonchev–Trinajstić information content (AvgIpc) is 2.52. The van der Waals surface area contributed by atoms with Crippen molar-refractivity contribution in [2.24, 2.45) is 5.92 Å².